The number of aromatic hydroxyl groups is 1. The van der Waals surface area contributed by atoms with Crippen LogP contribution >= 0.6 is 0 Å². The number of phenolic OH excluding ortho intramolecular Hbond substituents is 1. The van der Waals surface area contributed by atoms with Gasteiger partial charge < -0.3 is 19.3 Å². The van der Waals surface area contributed by atoms with Crippen LogP contribution in [-0.4, -0.2) is 18.5 Å². The Kier molecular flexibility index (Phi) is 3.60. The summed E-state index contributed by atoms with van der Waals surface area (Å²) in [4.78, 5) is 0. The summed E-state index contributed by atoms with van der Waals surface area (Å²) >= 11 is 0. The molecule has 1 N–H and O–H groups in total. The number of rotatable bonds is 4. The minimum absolute atomic E-state index is 0.0511. The molecule has 0 radical (unpaired) electrons. The molecule has 0 fully saturated rings. The first-order valence-electron chi connectivity index (χ1n) is 7.04. The van der Waals surface area contributed by atoms with Gasteiger partial charge >= 0.3 is 0 Å². The number of benzene rings is 2. The molecule has 3 rings (SSSR count). The topological polar surface area (TPSA) is 47.9 Å². The molecule has 21 heavy (non-hydrogen) atoms. The van der Waals surface area contributed by atoms with Crippen molar-refractivity contribution in [3.63, 3.8) is 0 Å². The maximum atomic E-state index is 10.2. The molecular weight excluding hydrogens is 268 g/mol. The molecule has 1 aliphatic heterocycles. The van der Waals surface area contributed by atoms with Crippen molar-refractivity contribution < 1.29 is 19.3 Å². The minimum Gasteiger partial charge on any atom is -0.508 e. The largest absolute Gasteiger partial charge is 0.508 e. The molecule has 4 nitrogen and oxygen atoms in total. The second-order valence-electron chi connectivity index (χ2n) is 4.99. The van der Waals surface area contributed by atoms with E-state index in [2.05, 4.69) is 0 Å². The van der Waals surface area contributed by atoms with Gasteiger partial charge in [0.25, 0.3) is 0 Å². The summed E-state index contributed by atoms with van der Waals surface area (Å²) in [6, 6.07) is 11.4. The van der Waals surface area contributed by atoms with Gasteiger partial charge in [0.1, 0.15) is 11.5 Å². The molecule has 1 atom stereocenters. The lowest BCUT2D eigenvalue weighted by Crippen LogP contribution is -1.98. The average Bonchev–Trinajstić information content (AvgIpc) is 2.94. The van der Waals surface area contributed by atoms with Crippen molar-refractivity contribution in [3.8, 4) is 23.0 Å². The van der Waals surface area contributed by atoms with Crippen LogP contribution in [-0.2, 0) is 0 Å². The summed E-state index contributed by atoms with van der Waals surface area (Å²) in [6.07, 6.45) is 0. The molecule has 2 aromatic carbocycles. The summed E-state index contributed by atoms with van der Waals surface area (Å²) in [5.41, 5.74) is 1.93. The Balaban J connectivity index is 1.89. The second kappa shape index (κ2) is 5.56. The summed E-state index contributed by atoms with van der Waals surface area (Å²) in [5, 5.41) is 10.2. The lowest BCUT2D eigenvalue weighted by molar-refractivity contribution is 0.174. The first-order chi connectivity index (χ1) is 10.2. The lowest BCUT2D eigenvalue weighted by Gasteiger charge is -2.15. The van der Waals surface area contributed by atoms with E-state index in [1.54, 1.807) is 6.07 Å². The van der Waals surface area contributed by atoms with Gasteiger partial charge in [-0.2, -0.15) is 0 Å². The number of hydrogen-bond acceptors (Lipinski definition) is 4. The molecule has 110 valence electrons. The zero-order valence-electron chi connectivity index (χ0n) is 12.1. The highest BCUT2D eigenvalue weighted by Gasteiger charge is 2.20. The molecule has 0 amide bonds. The van der Waals surface area contributed by atoms with Crippen molar-refractivity contribution in [2.24, 2.45) is 0 Å². The Hall–Kier alpha value is -2.36. The molecule has 1 aliphatic rings. The Morgan fingerprint density at radius 1 is 1.14 bits per heavy atom. The lowest BCUT2D eigenvalue weighted by atomic mass is 9.92. The van der Waals surface area contributed by atoms with Crippen LogP contribution in [0.15, 0.2) is 36.4 Å². The quantitative estimate of drug-likeness (QED) is 0.931. The molecule has 0 spiro atoms. The zero-order chi connectivity index (χ0) is 14.8. The summed E-state index contributed by atoms with van der Waals surface area (Å²) < 4.78 is 16.1. The maximum Gasteiger partial charge on any atom is 0.231 e. The van der Waals surface area contributed by atoms with Gasteiger partial charge in [0.05, 0.1) is 6.61 Å². The zero-order valence-corrected chi connectivity index (χ0v) is 12.1. The van der Waals surface area contributed by atoms with E-state index in [0.29, 0.717) is 18.1 Å². The van der Waals surface area contributed by atoms with Crippen molar-refractivity contribution in [3.05, 3.63) is 47.5 Å². The molecule has 0 aliphatic carbocycles. The van der Waals surface area contributed by atoms with Crippen LogP contribution in [0.3, 0.4) is 0 Å². The van der Waals surface area contributed by atoms with Crippen LogP contribution in [0.5, 0.6) is 23.0 Å². The van der Waals surface area contributed by atoms with Gasteiger partial charge in [0.2, 0.25) is 6.79 Å². The normalized spacial score (nSPS) is 14.0. The fraction of sp³-hybridized carbons (Fsp3) is 0.294. The highest BCUT2D eigenvalue weighted by Crippen LogP contribution is 2.41. The number of ether oxygens (including phenoxy) is 3. The Bertz CT molecular complexity index is 634. The first-order valence-corrected chi connectivity index (χ1v) is 7.04. The predicted octanol–water partition coefficient (Wildman–Crippen LogP) is 3.67. The van der Waals surface area contributed by atoms with Gasteiger partial charge in [-0.1, -0.05) is 19.1 Å². The Labute approximate surface area is 123 Å². The first kappa shape index (κ1) is 13.6. The van der Waals surface area contributed by atoms with Gasteiger partial charge in [0.15, 0.2) is 11.5 Å². The average molecular weight is 286 g/mol. The van der Waals surface area contributed by atoms with E-state index in [1.807, 2.05) is 44.2 Å². The van der Waals surface area contributed by atoms with Crippen LogP contribution in [0.2, 0.25) is 0 Å². The highest BCUT2D eigenvalue weighted by atomic mass is 16.7. The van der Waals surface area contributed by atoms with Gasteiger partial charge in [-0.25, -0.2) is 0 Å². The summed E-state index contributed by atoms with van der Waals surface area (Å²) in [6.45, 7) is 4.86. The number of fused-ring (bicyclic) bond motifs is 1. The van der Waals surface area contributed by atoms with Crippen LogP contribution in [0.1, 0.15) is 30.9 Å². The SMILES string of the molecule is CCOc1ccc([C@H](C)c2cc3c(cc2O)OCO3)cc1. The van der Waals surface area contributed by atoms with Gasteiger partial charge in [0, 0.05) is 17.5 Å². The molecule has 4 heteroatoms. The Morgan fingerprint density at radius 2 is 1.81 bits per heavy atom. The van der Waals surface area contributed by atoms with Crippen LogP contribution < -0.4 is 14.2 Å². The summed E-state index contributed by atoms with van der Waals surface area (Å²) in [5.74, 6) is 2.40. The third kappa shape index (κ3) is 2.61. The summed E-state index contributed by atoms with van der Waals surface area (Å²) in [7, 11) is 0. The van der Waals surface area contributed by atoms with Crippen LogP contribution in [0, 0.1) is 0 Å². The van der Waals surface area contributed by atoms with Crippen molar-refractivity contribution in [1.82, 2.24) is 0 Å². The van der Waals surface area contributed by atoms with E-state index in [4.69, 9.17) is 14.2 Å². The van der Waals surface area contributed by atoms with Crippen LogP contribution in [0.25, 0.3) is 0 Å². The standard InChI is InChI=1S/C17H18O4/c1-3-19-13-6-4-12(5-7-13)11(2)14-8-16-17(9-15(14)18)21-10-20-16/h4-9,11,18H,3,10H2,1-2H3/t11-/m0/s1. The van der Waals surface area contributed by atoms with Gasteiger partial charge in [-0.15, -0.1) is 0 Å². The fourth-order valence-corrected chi connectivity index (χ4v) is 2.49. The molecule has 0 aromatic heterocycles. The predicted molar refractivity (Wildman–Crippen MR) is 79.4 cm³/mol. The van der Waals surface area contributed by atoms with Crippen LogP contribution in [0.4, 0.5) is 0 Å². The molecule has 1 heterocycles. The molecule has 0 saturated carbocycles. The fourth-order valence-electron chi connectivity index (χ4n) is 2.49. The Morgan fingerprint density at radius 3 is 2.48 bits per heavy atom. The van der Waals surface area contributed by atoms with E-state index >= 15 is 0 Å². The smallest absolute Gasteiger partial charge is 0.231 e. The molecule has 2 aromatic rings. The van der Waals surface area contributed by atoms with E-state index < -0.39 is 0 Å². The number of hydrogen-bond donors (Lipinski definition) is 1. The monoisotopic (exact) mass is 286 g/mol. The second-order valence-corrected chi connectivity index (χ2v) is 4.99. The van der Waals surface area contributed by atoms with E-state index in [0.717, 1.165) is 16.9 Å². The van der Waals surface area contributed by atoms with E-state index in [-0.39, 0.29) is 18.5 Å². The highest BCUT2D eigenvalue weighted by molar-refractivity contribution is 5.54. The van der Waals surface area contributed by atoms with Gasteiger partial charge in [-0.3, -0.25) is 0 Å². The van der Waals surface area contributed by atoms with E-state index in [9.17, 15) is 5.11 Å². The van der Waals surface area contributed by atoms with Crippen molar-refractivity contribution >= 4 is 0 Å². The van der Waals surface area contributed by atoms with E-state index in [1.165, 1.54) is 0 Å². The maximum absolute atomic E-state index is 10.2. The molecule has 0 saturated heterocycles. The molecule has 0 bridgehead atoms. The van der Waals surface area contributed by atoms with Crippen molar-refractivity contribution in [1.29, 1.82) is 0 Å². The molecule has 0 unspecified atom stereocenters. The molecular formula is C17H18O4. The van der Waals surface area contributed by atoms with Crippen molar-refractivity contribution in [2.45, 2.75) is 19.8 Å². The minimum atomic E-state index is 0.0511. The van der Waals surface area contributed by atoms with Crippen molar-refractivity contribution in [2.75, 3.05) is 13.4 Å². The number of phenols is 1. The van der Waals surface area contributed by atoms with Gasteiger partial charge in [-0.05, 0) is 30.7 Å². The third-order valence-corrected chi connectivity index (χ3v) is 3.68. The third-order valence-electron chi connectivity index (χ3n) is 3.68.